The molecule has 5 rings (SSSR count). The SMILES string of the molecule is CC(C)(O)CC[NH2+]/C=C1/C=C(NC(=O)c2csc(-c3ccc(F)cc3)n2)C(c2ccc(C(=O)NCc3ccoc3)cc2)=CC1=N. The van der Waals surface area contributed by atoms with Crippen molar-refractivity contribution in [2.75, 3.05) is 6.54 Å². The van der Waals surface area contributed by atoms with Crippen molar-refractivity contribution in [3.8, 4) is 10.6 Å². The first-order chi connectivity index (χ1) is 21.6. The number of nitrogens with two attached hydrogens (primary N) is 1. The highest BCUT2D eigenvalue weighted by atomic mass is 32.1. The Bertz CT molecular complexity index is 1780. The fourth-order valence-corrected chi connectivity index (χ4v) is 5.32. The van der Waals surface area contributed by atoms with Crippen molar-refractivity contribution in [3.63, 3.8) is 0 Å². The number of hydrogen-bond donors (Lipinski definition) is 5. The molecule has 11 heteroatoms. The van der Waals surface area contributed by atoms with E-state index in [1.807, 2.05) is 5.32 Å². The third-order valence-electron chi connectivity index (χ3n) is 6.98. The molecule has 0 bridgehead atoms. The fourth-order valence-electron chi connectivity index (χ4n) is 4.51. The van der Waals surface area contributed by atoms with Crippen molar-refractivity contribution in [2.45, 2.75) is 32.4 Å². The van der Waals surface area contributed by atoms with E-state index in [0.29, 0.717) is 58.1 Å². The number of rotatable bonds is 11. The van der Waals surface area contributed by atoms with Crippen LogP contribution in [0.5, 0.6) is 0 Å². The normalized spacial score (nSPS) is 14.2. The Balaban J connectivity index is 1.37. The smallest absolute Gasteiger partial charge is 0.275 e. The first kappa shape index (κ1) is 31.5. The second kappa shape index (κ2) is 13.8. The van der Waals surface area contributed by atoms with Gasteiger partial charge in [-0.2, -0.15) is 0 Å². The molecule has 0 atom stereocenters. The summed E-state index contributed by atoms with van der Waals surface area (Å²) in [7, 11) is 0. The van der Waals surface area contributed by atoms with Gasteiger partial charge in [-0.25, -0.2) is 9.37 Å². The minimum Gasteiger partial charge on any atom is -0.472 e. The lowest BCUT2D eigenvalue weighted by Crippen LogP contribution is -2.79. The van der Waals surface area contributed by atoms with Crippen molar-refractivity contribution in [1.29, 1.82) is 5.41 Å². The molecule has 0 unspecified atom stereocenters. The Labute approximate surface area is 263 Å². The van der Waals surface area contributed by atoms with Gasteiger partial charge in [0.25, 0.3) is 11.8 Å². The van der Waals surface area contributed by atoms with Crippen LogP contribution in [-0.2, 0) is 6.54 Å². The van der Waals surface area contributed by atoms with Gasteiger partial charge >= 0.3 is 0 Å². The summed E-state index contributed by atoms with van der Waals surface area (Å²) in [6, 6.07) is 14.6. The fraction of sp³-hybridized carbons (Fsp3) is 0.176. The highest BCUT2D eigenvalue weighted by Gasteiger charge is 2.22. The molecule has 2 aromatic carbocycles. The molecule has 0 radical (unpaired) electrons. The van der Waals surface area contributed by atoms with E-state index in [2.05, 4.69) is 15.6 Å². The average Bonchev–Trinajstić information content (AvgIpc) is 3.72. The minimum absolute atomic E-state index is 0.201. The molecule has 0 fully saturated rings. The molecule has 2 heterocycles. The minimum atomic E-state index is -0.806. The summed E-state index contributed by atoms with van der Waals surface area (Å²) in [5.41, 5.74) is 4.01. The summed E-state index contributed by atoms with van der Waals surface area (Å²) < 4.78 is 18.4. The monoisotopic (exact) mass is 626 g/mol. The van der Waals surface area contributed by atoms with Gasteiger partial charge in [0.1, 0.15) is 22.7 Å². The number of nitrogens with one attached hydrogen (secondary N) is 3. The van der Waals surface area contributed by atoms with Crippen LogP contribution < -0.4 is 16.0 Å². The number of carbonyl (C=O) groups excluding carboxylic acids is 2. The summed E-state index contributed by atoms with van der Waals surface area (Å²) in [5.74, 6) is -1.04. The molecule has 0 aliphatic heterocycles. The van der Waals surface area contributed by atoms with E-state index in [-0.39, 0.29) is 23.1 Å². The summed E-state index contributed by atoms with van der Waals surface area (Å²) in [4.78, 5) is 30.5. The second-order valence-electron chi connectivity index (χ2n) is 11.1. The number of halogens is 1. The van der Waals surface area contributed by atoms with Gasteiger partial charge in [-0.05, 0) is 74.0 Å². The van der Waals surface area contributed by atoms with Crippen molar-refractivity contribution < 1.29 is 28.8 Å². The van der Waals surface area contributed by atoms with Gasteiger partial charge in [0.05, 0.1) is 36.0 Å². The number of amides is 2. The lowest BCUT2D eigenvalue weighted by atomic mass is 9.92. The second-order valence-corrected chi connectivity index (χ2v) is 12.0. The van der Waals surface area contributed by atoms with E-state index in [1.54, 1.807) is 92.6 Å². The molecular formula is C34H33FN5O4S+. The van der Waals surface area contributed by atoms with E-state index >= 15 is 0 Å². The highest BCUT2D eigenvalue weighted by molar-refractivity contribution is 7.13. The summed E-state index contributed by atoms with van der Waals surface area (Å²) >= 11 is 1.28. The van der Waals surface area contributed by atoms with Crippen LogP contribution in [0.4, 0.5) is 4.39 Å². The van der Waals surface area contributed by atoms with Crippen molar-refractivity contribution in [3.05, 3.63) is 130 Å². The Morgan fingerprint density at radius 1 is 1.07 bits per heavy atom. The Morgan fingerprint density at radius 3 is 2.49 bits per heavy atom. The molecule has 4 aromatic rings. The number of benzene rings is 2. The van der Waals surface area contributed by atoms with Gasteiger partial charge in [-0.15, -0.1) is 11.3 Å². The first-order valence-corrected chi connectivity index (χ1v) is 15.1. The molecule has 0 saturated carbocycles. The van der Waals surface area contributed by atoms with Gasteiger partial charge in [-0.3, -0.25) is 9.59 Å². The molecule has 0 saturated heterocycles. The zero-order chi connectivity index (χ0) is 32.0. The Hall–Kier alpha value is -4.97. The number of aromatic nitrogens is 1. The average molecular weight is 627 g/mol. The topological polar surface area (TPSA) is 145 Å². The van der Waals surface area contributed by atoms with Crippen LogP contribution in [0, 0.1) is 11.2 Å². The van der Waals surface area contributed by atoms with Gasteiger partial charge in [0, 0.05) is 46.3 Å². The van der Waals surface area contributed by atoms with Crippen molar-refractivity contribution in [1.82, 2.24) is 15.6 Å². The number of quaternary nitrogens is 1. The molecule has 2 aromatic heterocycles. The number of aliphatic hydroxyl groups is 1. The predicted octanol–water partition coefficient (Wildman–Crippen LogP) is 4.81. The summed E-state index contributed by atoms with van der Waals surface area (Å²) in [6.45, 7) is 4.43. The van der Waals surface area contributed by atoms with Gasteiger partial charge in [0.2, 0.25) is 0 Å². The quantitative estimate of drug-likeness (QED) is 0.152. The number of nitrogens with zero attached hydrogens (tertiary/aromatic N) is 1. The van der Waals surface area contributed by atoms with Gasteiger partial charge in [-0.1, -0.05) is 12.1 Å². The Kier molecular flexibility index (Phi) is 9.62. The molecular weight excluding hydrogens is 593 g/mol. The largest absolute Gasteiger partial charge is 0.472 e. The van der Waals surface area contributed by atoms with Crippen LogP contribution in [0.3, 0.4) is 0 Å². The first-order valence-electron chi connectivity index (χ1n) is 14.3. The van der Waals surface area contributed by atoms with Gasteiger partial charge < -0.3 is 30.9 Å². The highest BCUT2D eigenvalue weighted by Crippen LogP contribution is 2.29. The lowest BCUT2D eigenvalue weighted by Gasteiger charge is -2.19. The zero-order valence-electron chi connectivity index (χ0n) is 24.8. The third kappa shape index (κ3) is 8.36. The lowest BCUT2D eigenvalue weighted by molar-refractivity contribution is -0.590. The van der Waals surface area contributed by atoms with Crippen molar-refractivity contribution >= 4 is 34.4 Å². The maximum Gasteiger partial charge on any atom is 0.275 e. The third-order valence-corrected chi connectivity index (χ3v) is 7.87. The van der Waals surface area contributed by atoms with E-state index in [9.17, 15) is 19.1 Å². The summed E-state index contributed by atoms with van der Waals surface area (Å²) in [6.07, 6.45) is 8.87. The van der Waals surface area contributed by atoms with E-state index in [4.69, 9.17) is 9.83 Å². The molecule has 1 aliphatic carbocycles. The maximum atomic E-state index is 13.4. The van der Waals surface area contributed by atoms with Gasteiger partial charge in [0.15, 0.2) is 0 Å². The molecule has 45 heavy (non-hydrogen) atoms. The van der Waals surface area contributed by atoms with E-state index in [0.717, 1.165) is 5.56 Å². The van der Waals surface area contributed by atoms with Crippen LogP contribution in [0.1, 0.15) is 52.2 Å². The zero-order valence-corrected chi connectivity index (χ0v) is 25.6. The number of allylic oxidation sites excluding steroid dienone is 4. The van der Waals surface area contributed by atoms with Crippen LogP contribution in [0.2, 0.25) is 0 Å². The number of carbonyl (C=O) groups is 2. The molecule has 230 valence electrons. The Morgan fingerprint density at radius 2 is 1.80 bits per heavy atom. The van der Waals surface area contributed by atoms with Crippen LogP contribution in [-0.4, -0.2) is 39.8 Å². The number of hydrogen-bond acceptors (Lipinski definition) is 7. The molecule has 1 aliphatic rings. The molecule has 2 amide bonds. The number of thiazole rings is 1. The maximum absolute atomic E-state index is 13.4. The molecule has 6 N–H and O–H groups in total. The molecule has 9 nitrogen and oxygen atoms in total. The van der Waals surface area contributed by atoms with Crippen LogP contribution in [0.15, 0.2) is 107 Å². The predicted molar refractivity (Wildman–Crippen MR) is 171 cm³/mol. The van der Waals surface area contributed by atoms with E-state index in [1.165, 1.54) is 23.5 Å². The van der Waals surface area contributed by atoms with Crippen LogP contribution >= 0.6 is 11.3 Å². The standard InChI is InChI=1S/C34H32FN5O4S/c1-34(2,43)12-13-37-18-25-15-29(39-32(42)30-20-45-33(40-30)24-7-9-26(35)10-8-24)27(16-28(25)36)22-3-5-23(6-4-22)31(41)38-17-21-11-14-44-19-21/h3-11,14-16,18-20,36-37,43H,12-13,17H2,1-2H3,(H,38,41)(H,39,42)/p+1/b25-18-,36-28?. The summed E-state index contributed by atoms with van der Waals surface area (Å²) in [5, 5.41) is 28.6. The van der Waals surface area contributed by atoms with Crippen LogP contribution in [0.25, 0.3) is 16.1 Å². The molecule has 0 spiro atoms. The number of furan rings is 1. The van der Waals surface area contributed by atoms with E-state index < -0.39 is 11.5 Å². The van der Waals surface area contributed by atoms with Crippen molar-refractivity contribution in [2.24, 2.45) is 0 Å².